The molecule has 1 aromatic heterocycles. The van der Waals surface area contributed by atoms with Crippen LogP contribution in [0.1, 0.15) is 79.9 Å². The first-order valence-electron chi connectivity index (χ1n) is 10.5. The average molecular weight is 394 g/mol. The van der Waals surface area contributed by atoms with Gasteiger partial charge < -0.3 is 10.2 Å². The third-order valence-corrected chi connectivity index (χ3v) is 5.54. The van der Waals surface area contributed by atoms with Gasteiger partial charge in [-0.3, -0.25) is 9.59 Å². The van der Waals surface area contributed by atoms with Crippen molar-refractivity contribution < 1.29 is 9.59 Å². The van der Waals surface area contributed by atoms with Gasteiger partial charge in [0, 0.05) is 18.3 Å². The molecule has 2 heterocycles. The van der Waals surface area contributed by atoms with Crippen molar-refractivity contribution in [1.82, 2.24) is 9.88 Å². The molecule has 0 aliphatic carbocycles. The van der Waals surface area contributed by atoms with Crippen LogP contribution in [0.4, 0.5) is 5.69 Å². The number of benzene rings is 1. The minimum absolute atomic E-state index is 0.0821. The van der Waals surface area contributed by atoms with Crippen molar-refractivity contribution in [2.75, 3.05) is 11.9 Å². The predicted molar refractivity (Wildman–Crippen MR) is 116 cm³/mol. The highest BCUT2D eigenvalue weighted by atomic mass is 16.2. The Bertz CT molecular complexity index is 886. The van der Waals surface area contributed by atoms with E-state index < -0.39 is 0 Å². The Balaban J connectivity index is 1.81. The molecular weight excluding hydrogens is 362 g/mol. The SMILES string of the molecule is CCC1CCCCN1C(=O)c1cccc(C(=O)Nc2ccccc2C(C)(C)C)n1. The van der Waals surface area contributed by atoms with Crippen molar-refractivity contribution in [3.8, 4) is 0 Å². The summed E-state index contributed by atoms with van der Waals surface area (Å²) in [5.74, 6) is -0.386. The molecule has 2 aromatic rings. The lowest BCUT2D eigenvalue weighted by Crippen LogP contribution is -2.43. The molecule has 1 unspecified atom stereocenters. The van der Waals surface area contributed by atoms with E-state index in [1.165, 1.54) is 0 Å². The number of nitrogens with zero attached hydrogens (tertiary/aromatic N) is 2. The van der Waals surface area contributed by atoms with E-state index in [4.69, 9.17) is 0 Å². The molecule has 3 rings (SSSR count). The summed E-state index contributed by atoms with van der Waals surface area (Å²) in [5, 5.41) is 2.97. The van der Waals surface area contributed by atoms with Gasteiger partial charge in [0.15, 0.2) is 0 Å². The highest BCUT2D eigenvalue weighted by Crippen LogP contribution is 2.29. The van der Waals surface area contributed by atoms with E-state index in [2.05, 4.69) is 38.0 Å². The zero-order valence-corrected chi connectivity index (χ0v) is 17.9. The number of likely N-dealkylation sites (tertiary alicyclic amines) is 1. The van der Waals surface area contributed by atoms with Crippen LogP contribution in [0, 0.1) is 0 Å². The van der Waals surface area contributed by atoms with E-state index in [-0.39, 0.29) is 29.0 Å². The number of nitrogens with one attached hydrogen (secondary N) is 1. The number of carbonyl (C=O) groups excluding carboxylic acids is 2. The molecule has 1 aliphatic heterocycles. The van der Waals surface area contributed by atoms with Crippen LogP contribution in [-0.2, 0) is 5.41 Å². The van der Waals surface area contributed by atoms with E-state index >= 15 is 0 Å². The Morgan fingerprint density at radius 3 is 2.52 bits per heavy atom. The molecule has 1 aromatic carbocycles. The van der Waals surface area contributed by atoms with Gasteiger partial charge in [-0.25, -0.2) is 4.98 Å². The monoisotopic (exact) mass is 393 g/mol. The molecule has 1 N–H and O–H groups in total. The number of anilines is 1. The summed E-state index contributed by atoms with van der Waals surface area (Å²) in [6.45, 7) is 9.20. The molecule has 2 amide bonds. The second-order valence-corrected chi connectivity index (χ2v) is 8.71. The minimum Gasteiger partial charge on any atom is -0.334 e. The van der Waals surface area contributed by atoms with Gasteiger partial charge in [-0.2, -0.15) is 0 Å². The van der Waals surface area contributed by atoms with Gasteiger partial charge >= 0.3 is 0 Å². The maximum absolute atomic E-state index is 13.0. The van der Waals surface area contributed by atoms with Crippen LogP contribution < -0.4 is 5.32 Å². The normalized spacial score (nSPS) is 17.1. The van der Waals surface area contributed by atoms with Crippen LogP contribution in [-0.4, -0.2) is 34.3 Å². The van der Waals surface area contributed by atoms with Crippen molar-refractivity contribution in [1.29, 1.82) is 0 Å². The predicted octanol–water partition coefficient (Wildman–Crippen LogP) is 5.04. The molecule has 0 radical (unpaired) electrons. The van der Waals surface area contributed by atoms with E-state index in [9.17, 15) is 9.59 Å². The van der Waals surface area contributed by atoms with Gasteiger partial charge in [0.1, 0.15) is 11.4 Å². The Kier molecular flexibility index (Phi) is 6.36. The van der Waals surface area contributed by atoms with Crippen LogP contribution >= 0.6 is 0 Å². The number of pyridine rings is 1. The van der Waals surface area contributed by atoms with Crippen LogP contribution in [0.2, 0.25) is 0 Å². The fourth-order valence-corrected chi connectivity index (χ4v) is 3.95. The maximum Gasteiger partial charge on any atom is 0.274 e. The lowest BCUT2D eigenvalue weighted by molar-refractivity contribution is 0.0602. The molecule has 1 fully saturated rings. The standard InChI is InChI=1S/C24H31N3O2/c1-5-17-11-8-9-16-27(17)23(29)21-15-10-14-20(25-21)22(28)26-19-13-7-6-12-18(19)24(2,3)4/h6-7,10,12-15,17H,5,8-9,11,16H2,1-4H3,(H,26,28). The molecule has 1 aliphatic rings. The molecule has 0 saturated carbocycles. The third kappa shape index (κ3) is 4.84. The number of para-hydroxylation sites is 1. The molecule has 154 valence electrons. The van der Waals surface area contributed by atoms with Crippen molar-refractivity contribution >= 4 is 17.5 Å². The van der Waals surface area contributed by atoms with Crippen LogP contribution in [0.5, 0.6) is 0 Å². The first-order chi connectivity index (χ1) is 13.8. The number of carbonyl (C=O) groups is 2. The second-order valence-electron chi connectivity index (χ2n) is 8.71. The number of hydrogen-bond donors (Lipinski definition) is 1. The van der Waals surface area contributed by atoms with Gasteiger partial charge in [-0.05, 0) is 54.9 Å². The molecule has 29 heavy (non-hydrogen) atoms. The molecule has 5 heteroatoms. The third-order valence-electron chi connectivity index (χ3n) is 5.54. The fraction of sp³-hybridized carbons (Fsp3) is 0.458. The lowest BCUT2D eigenvalue weighted by atomic mass is 9.86. The number of piperidine rings is 1. The highest BCUT2D eigenvalue weighted by molar-refractivity contribution is 6.04. The summed E-state index contributed by atoms with van der Waals surface area (Å²) in [6.07, 6.45) is 4.15. The Labute approximate surface area is 173 Å². The Morgan fingerprint density at radius 1 is 1.07 bits per heavy atom. The summed E-state index contributed by atoms with van der Waals surface area (Å²) in [6, 6.07) is 13.1. The quantitative estimate of drug-likeness (QED) is 0.792. The highest BCUT2D eigenvalue weighted by Gasteiger charge is 2.27. The van der Waals surface area contributed by atoms with E-state index in [0.29, 0.717) is 5.69 Å². The first-order valence-corrected chi connectivity index (χ1v) is 10.5. The molecule has 1 saturated heterocycles. The van der Waals surface area contributed by atoms with E-state index in [1.54, 1.807) is 18.2 Å². The first kappa shape index (κ1) is 21.0. The van der Waals surface area contributed by atoms with Crippen molar-refractivity contribution in [2.24, 2.45) is 0 Å². The largest absolute Gasteiger partial charge is 0.334 e. The number of rotatable bonds is 4. The van der Waals surface area contributed by atoms with Crippen LogP contribution in [0.15, 0.2) is 42.5 Å². The van der Waals surface area contributed by atoms with Crippen molar-refractivity contribution in [3.05, 3.63) is 59.4 Å². The molecule has 1 atom stereocenters. The average Bonchev–Trinajstić information content (AvgIpc) is 2.73. The van der Waals surface area contributed by atoms with Gasteiger partial charge in [-0.1, -0.05) is 52.0 Å². The zero-order chi connectivity index (χ0) is 21.0. The summed E-state index contributed by atoms with van der Waals surface area (Å²) in [5.41, 5.74) is 2.32. The molecule has 0 spiro atoms. The van der Waals surface area contributed by atoms with Gasteiger partial charge in [0.25, 0.3) is 11.8 Å². The maximum atomic E-state index is 13.0. The molecule has 5 nitrogen and oxygen atoms in total. The smallest absolute Gasteiger partial charge is 0.274 e. The van der Waals surface area contributed by atoms with Crippen LogP contribution in [0.25, 0.3) is 0 Å². The number of hydrogen-bond acceptors (Lipinski definition) is 3. The lowest BCUT2D eigenvalue weighted by Gasteiger charge is -2.35. The van der Waals surface area contributed by atoms with Gasteiger partial charge in [-0.15, -0.1) is 0 Å². The second kappa shape index (κ2) is 8.76. The summed E-state index contributed by atoms with van der Waals surface area (Å²) in [7, 11) is 0. The number of aromatic nitrogens is 1. The molecular formula is C24H31N3O2. The topological polar surface area (TPSA) is 62.3 Å². The van der Waals surface area contributed by atoms with E-state index in [1.807, 2.05) is 29.2 Å². The van der Waals surface area contributed by atoms with E-state index in [0.717, 1.165) is 43.5 Å². The Morgan fingerprint density at radius 2 is 1.79 bits per heavy atom. The van der Waals surface area contributed by atoms with Gasteiger partial charge in [0.05, 0.1) is 0 Å². The summed E-state index contributed by atoms with van der Waals surface area (Å²) in [4.78, 5) is 32.2. The van der Waals surface area contributed by atoms with Crippen molar-refractivity contribution in [2.45, 2.75) is 64.8 Å². The molecule has 0 bridgehead atoms. The summed E-state index contributed by atoms with van der Waals surface area (Å²) >= 11 is 0. The summed E-state index contributed by atoms with van der Waals surface area (Å²) < 4.78 is 0. The van der Waals surface area contributed by atoms with Gasteiger partial charge in [0.2, 0.25) is 0 Å². The Hall–Kier alpha value is -2.69. The fourth-order valence-electron chi connectivity index (χ4n) is 3.95. The minimum atomic E-state index is -0.304. The van der Waals surface area contributed by atoms with Crippen molar-refractivity contribution in [3.63, 3.8) is 0 Å². The zero-order valence-electron chi connectivity index (χ0n) is 17.9. The number of amides is 2. The van der Waals surface area contributed by atoms with Crippen LogP contribution in [0.3, 0.4) is 0 Å².